The highest BCUT2D eigenvalue weighted by Gasteiger charge is 2.16. The molecular formula is C23H15N7. The lowest BCUT2D eigenvalue weighted by atomic mass is 10.1. The minimum atomic E-state index is 0.692. The van der Waals surface area contributed by atoms with Gasteiger partial charge in [0, 0.05) is 41.3 Å². The number of aromatic amines is 2. The van der Waals surface area contributed by atoms with Crippen LogP contribution < -0.4 is 0 Å². The summed E-state index contributed by atoms with van der Waals surface area (Å²) in [5, 5.41) is 8.61. The van der Waals surface area contributed by atoms with Gasteiger partial charge in [0.15, 0.2) is 5.82 Å². The van der Waals surface area contributed by atoms with Crippen LogP contribution in [0.2, 0.25) is 0 Å². The number of imidazole rings is 1. The number of rotatable bonds is 3. The van der Waals surface area contributed by atoms with Crippen molar-refractivity contribution in [3.8, 4) is 34.0 Å². The van der Waals surface area contributed by atoms with Crippen LogP contribution in [0, 0.1) is 0 Å². The maximum Gasteiger partial charge on any atom is 0.159 e. The van der Waals surface area contributed by atoms with E-state index in [0.717, 1.165) is 50.1 Å². The van der Waals surface area contributed by atoms with Crippen LogP contribution in [-0.4, -0.2) is 35.1 Å². The molecule has 0 aliphatic carbocycles. The van der Waals surface area contributed by atoms with Crippen molar-refractivity contribution >= 4 is 21.9 Å². The fourth-order valence-electron chi connectivity index (χ4n) is 3.66. The summed E-state index contributed by atoms with van der Waals surface area (Å²) in [5.74, 6) is 0.692. The van der Waals surface area contributed by atoms with E-state index >= 15 is 0 Å². The van der Waals surface area contributed by atoms with Crippen molar-refractivity contribution in [1.29, 1.82) is 0 Å². The average Bonchev–Trinajstić information content (AvgIpc) is 3.43. The standard InChI is InChI=1S/C23H15N7/c1-2-9-25-17(3-1)15-4-5-18-16(13-15)21(30-29-18)23-27-19-8-12-26-20(22(19)28-23)14-6-10-24-11-7-14/h1-13H,(H,27,28)(H,29,30). The topological polar surface area (TPSA) is 96.0 Å². The summed E-state index contributed by atoms with van der Waals surface area (Å²) < 4.78 is 0. The highest BCUT2D eigenvalue weighted by Crippen LogP contribution is 2.31. The molecule has 0 saturated heterocycles. The number of hydrogen-bond donors (Lipinski definition) is 2. The van der Waals surface area contributed by atoms with Gasteiger partial charge >= 0.3 is 0 Å². The number of hydrogen-bond acceptors (Lipinski definition) is 5. The number of H-pyrrole nitrogens is 2. The van der Waals surface area contributed by atoms with E-state index in [0.29, 0.717) is 5.82 Å². The normalized spacial score (nSPS) is 11.3. The van der Waals surface area contributed by atoms with E-state index in [1.807, 2.05) is 48.5 Å². The molecule has 6 aromatic rings. The summed E-state index contributed by atoms with van der Waals surface area (Å²) in [6.07, 6.45) is 7.08. The Bertz CT molecular complexity index is 1480. The molecule has 30 heavy (non-hydrogen) atoms. The Labute approximate surface area is 170 Å². The molecule has 7 nitrogen and oxygen atoms in total. The molecule has 0 saturated carbocycles. The molecule has 0 fully saturated rings. The van der Waals surface area contributed by atoms with Gasteiger partial charge in [-0.05, 0) is 42.5 Å². The fraction of sp³-hybridized carbons (Fsp3) is 0. The van der Waals surface area contributed by atoms with Crippen LogP contribution in [0.5, 0.6) is 0 Å². The third-order valence-corrected chi connectivity index (χ3v) is 5.10. The van der Waals surface area contributed by atoms with Gasteiger partial charge in [-0.2, -0.15) is 5.10 Å². The lowest BCUT2D eigenvalue weighted by Crippen LogP contribution is -1.86. The number of nitrogens with one attached hydrogen (secondary N) is 2. The largest absolute Gasteiger partial charge is 0.336 e. The maximum atomic E-state index is 4.85. The van der Waals surface area contributed by atoms with Gasteiger partial charge in [-0.3, -0.25) is 20.1 Å². The summed E-state index contributed by atoms with van der Waals surface area (Å²) in [6, 6.07) is 17.8. The molecule has 0 aliphatic heterocycles. The van der Waals surface area contributed by atoms with E-state index in [2.05, 4.69) is 36.2 Å². The zero-order chi connectivity index (χ0) is 19.9. The van der Waals surface area contributed by atoms with Crippen LogP contribution in [0.3, 0.4) is 0 Å². The third kappa shape index (κ3) is 2.64. The summed E-state index contributed by atoms with van der Waals surface area (Å²) in [6.45, 7) is 0. The van der Waals surface area contributed by atoms with Crippen LogP contribution in [-0.2, 0) is 0 Å². The molecule has 0 radical (unpaired) electrons. The van der Waals surface area contributed by atoms with Gasteiger partial charge in [0.1, 0.15) is 11.2 Å². The SMILES string of the molecule is c1ccc(-c2ccc3[nH]nc(-c4nc5c(-c6ccncc6)nccc5[nH]4)c3c2)nc1. The summed E-state index contributed by atoms with van der Waals surface area (Å²) in [7, 11) is 0. The molecule has 1 aromatic carbocycles. The van der Waals surface area contributed by atoms with E-state index in [1.54, 1.807) is 24.8 Å². The van der Waals surface area contributed by atoms with Gasteiger partial charge in [0.25, 0.3) is 0 Å². The highest BCUT2D eigenvalue weighted by molar-refractivity contribution is 5.97. The summed E-state index contributed by atoms with van der Waals surface area (Å²) >= 11 is 0. The minimum Gasteiger partial charge on any atom is -0.336 e. The lowest BCUT2D eigenvalue weighted by Gasteiger charge is -2.01. The smallest absolute Gasteiger partial charge is 0.159 e. The predicted octanol–water partition coefficient (Wildman–Crippen LogP) is 4.63. The molecule has 5 heterocycles. The summed E-state index contributed by atoms with van der Waals surface area (Å²) in [4.78, 5) is 21.3. The first-order chi connectivity index (χ1) is 14.9. The molecular weight excluding hydrogens is 374 g/mol. The quantitative estimate of drug-likeness (QED) is 0.460. The number of nitrogens with zero attached hydrogens (tertiary/aromatic N) is 5. The number of benzene rings is 1. The van der Waals surface area contributed by atoms with E-state index in [-0.39, 0.29) is 0 Å². The lowest BCUT2D eigenvalue weighted by molar-refractivity contribution is 1.11. The second-order valence-electron chi connectivity index (χ2n) is 6.92. The zero-order valence-corrected chi connectivity index (χ0v) is 15.7. The minimum absolute atomic E-state index is 0.692. The second kappa shape index (κ2) is 6.59. The zero-order valence-electron chi connectivity index (χ0n) is 15.7. The van der Waals surface area contributed by atoms with E-state index in [9.17, 15) is 0 Å². The van der Waals surface area contributed by atoms with Crippen molar-refractivity contribution in [3.63, 3.8) is 0 Å². The number of aromatic nitrogens is 7. The Kier molecular flexibility index (Phi) is 3.64. The van der Waals surface area contributed by atoms with E-state index in [1.165, 1.54) is 0 Å². The molecule has 0 aliphatic rings. The molecule has 0 unspecified atom stereocenters. The van der Waals surface area contributed by atoms with Gasteiger partial charge in [-0.15, -0.1) is 0 Å². The maximum absolute atomic E-state index is 4.85. The molecule has 0 spiro atoms. The summed E-state index contributed by atoms with van der Waals surface area (Å²) in [5.41, 5.74) is 7.14. The van der Waals surface area contributed by atoms with Crippen molar-refractivity contribution in [2.75, 3.05) is 0 Å². The Hall–Kier alpha value is -4.39. The van der Waals surface area contributed by atoms with Crippen molar-refractivity contribution in [1.82, 2.24) is 35.1 Å². The Morgan fingerprint density at radius 3 is 2.50 bits per heavy atom. The van der Waals surface area contributed by atoms with Gasteiger partial charge in [-0.1, -0.05) is 12.1 Å². The molecule has 0 bridgehead atoms. The monoisotopic (exact) mass is 389 g/mol. The van der Waals surface area contributed by atoms with Crippen molar-refractivity contribution in [3.05, 3.63) is 79.4 Å². The molecule has 142 valence electrons. The molecule has 7 heteroatoms. The molecule has 6 rings (SSSR count). The van der Waals surface area contributed by atoms with Crippen molar-refractivity contribution in [2.24, 2.45) is 0 Å². The van der Waals surface area contributed by atoms with E-state index < -0.39 is 0 Å². The average molecular weight is 389 g/mol. The van der Waals surface area contributed by atoms with Crippen molar-refractivity contribution < 1.29 is 0 Å². The Morgan fingerprint density at radius 2 is 1.63 bits per heavy atom. The van der Waals surface area contributed by atoms with Gasteiger partial charge < -0.3 is 4.98 Å². The number of pyridine rings is 3. The van der Waals surface area contributed by atoms with Crippen LogP contribution in [0.15, 0.2) is 79.4 Å². The van der Waals surface area contributed by atoms with Crippen molar-refractivity contribution in [2.45, 2.75) is 0 Å². The molecule has 0 atom stereocenters. The Morgan fingerprint density at radius 1 is 0.700 bits per heavy atom. The van der Waals surface area contributed by atoms with Gasteiger partial charge in [-0.25, -0.2) is 4.98 Å². The van der Waals surface area contributed by atoms with Crippen LogP contribution >= 0.6 is 0 Å². The first kappa shape index (κ1) is 16.6. The highest BCUT2D eigenvalue weighted by atomic mass is 15.1. The molecule has 5 aromatic heterocycles. The van der Waals surface area contributed by atoms with Gasteiger partial charge in [0.05, 0.1) is 22.4 Å². The van der Waals surface area contributed by atoms with Crippen LogP contribution in [0.25, 0.3) is 56.0 Å². The van der Waals surface area contributed by atoms with Gasteiger partial charge in [0.2, 0.25) is 0 Å². The third-order valence-electron chi connectivity index (χ3n) is 5.10. The second-order valence-corrected chi connectivity index (χ2v) is 6.92. The Balaban J connectivity index is 1.52. The fourth-order valence-corrected chi connectivity index (χ4v) is 3.66. The van der Waals surface area contributed by atoms with Crippen LogP contribution in [0.1, 0.15) is 0 Å². The van der Waals surface area contributed by atoms with Crippen LogP contribution in [0.4, 0.5) is 0 Å². The molecule has 0 amide bonds. The first-order valence-corrected chi connectivity index (χ1v) is 9.52. The first-order valence-electron chi connectivity index (χ1n) is 9.52. The van der Waals surface area contributed by atoms with E-state index in [4.69, 9.17) is 4.98 Å². The molecule has 2 N–H and O–H groups in total. The number of fused-ring (bicyclic) bond motifs is 2. The predicted molar refractivity (Wildman–Crippen MR) is 115 cm³/mol.